The van der Waals surface area contributed by atoms with Gasteiger partial charge in [0.2, 0.25) is 10.0 Å². The van der Waals surface area contributed by atoms with Crippen LogP contribution in [0.25, 0.3) is 0 Å². The number of piperazine rings is 1. The van der Waals surface area contributed by atoms with Crippen molar-refractivity contribution in [3.8, 4) is 0 Å². The van der Waals surface area contributed by atoms with Gasteiger partial charge in [0.1, 0.15) is 10.6 Å². The Kier molecular flexibility index (Phi) is 6.36. The van der Waals surface area contributed by atoms with Gasteiger partial charge in [0, 0.05) is 57.7 Å². The maximum atomic E-state index is 13.5. The number of carbonyl (C=O) groups excluding carboxylic acids is 1. The molecule has 32 heavy (non-hydrogen) atoms. The first-order valence-corrected chi connectivity index (χ1v) is 12.9. The maximum Gasteiger partial charge on any atom is 0.270 e. The Morgan fingerprint density at radius 1 is 0.906 bits per heavy atom. The van der Waals surface area contributed by atoms with Crippen LogP contribution in [0.5, 0.6) is 0 Å². The van der Waals surface area contributed by atoms with Crippen LogP contribution in [0.2, 0.25) is 0 Å². The number of piperidine rings is 1. The van der Waals surface area contributed by atoms with E-state index in [9.17, 15) is 13.2 Å². The highest BCUT2D eigenvalue weighted by Crippen LogP contribution is 2.28. The molecule has 0 radical (unpaired) electrons. The Labute approximate surface area is 191 Å². The molecule has 0 atom stereocenters. The summed E-state index contributed by atoms with van der Waals surface area (Å²) in [7, 11) is -1.89. The number of hydrogen-bond donors (Lipinski definition) is 0. The lowest BCUT2D eigenvalue weighted by Crippen LogP contribution is -2.49. The van der Waals surface area contributed by atoms with Gasteiger partial charge in [-0.25, -0.2) is 8.42 Å². The van der Waals surface area contributed by atoms with Gasteiger partial charge in [-0.3, -0.25) is 4.79 Å². The fraction of sp³-hybridized carbons (Fsp3) is 0.542. The van der Waals surface area contributed by atoms with Gasteiger partial charge >= 0.3 is 0 Å². The highest BCUT2D eigenvalue weighted by Gasteiger charge is 2.33. The van der Waals surface area contributed by atoms with Crippen molar-refractivity contribution in [3.05, 3.63) is 46.8 Å². The molecular formula is C24H34N4O3S. The first-order chi connectivity index (χ1) is 15.2. The molecule has 2 fully saturated rings. The Balaban J connectivity index is 1.53. The monoisotopic (exact) mass is 458 g/mol. The van der Waals surface area contributed by atoms with Crippen LogP contribution in [0.1, 0.15) is 46.6 Å². The third-order valence-electron chi connectivity index (χ3n) is 7.12. The fourth-order valence-corrected chi connectivity index (χ4v) is 6.48. The number of rotatable bonds is 4. The van der Waals surface area contributed by atoms with Gasteiger partial charge in [-0.15, -0.1) is 0 Å². The summed E-state index contributed by atoms with van der Waals surface area (Å²) in [5.41, 5.74) is 4.72. The van der Waals surface area contributed by atoms with Crippen molar-refractivity contribution in [1.82, 2.24) is 13.8 Å². The van der Waals surface area contributed by atoms with Gasteiger partial charge in [0.05, 0.1) is 0 Å². The molecule has 0 unspecified atom stereocenters. The number of sulfonamides is 1. The van der Waals surface area contributed by atoms with Crippen molar-refractivity contribution >= 4 is 21.6 Å². The average Bonchev–Trinajstić information content (AvgIpc) is 3.11. The Morgan fingerprint density at radius 3 is 2.22 bits per heavy atom. The van der Waals surface area contributed by atoms with Crippen molar-refractivity contribution < 1.29 is 13.2 Å². The lowest BCUT2D eigenvalue weighted by molar-refractivity contribution is 0.0714. The number of anilines is 1. The van der Waals surface area contributed by atoms with Crippen molar-refractivity contribution in [3.63, 3.8) is 0 Å². The molecule has 0 saturated carbocycles. The van der Waals surface area contributed by atoms with E-state index >= 15 is 0 Å². The summed E-state index contributed by atoms with van der Waals surface area (Å²) in [5, 5.41) is 0. The molecule has 1 aromatic heterocycles. The number of amides is 1. The minimum absolute atomic E-state index is 0.0727. The third kappa shape index (κ3) is 4.06. The number of carbonyl (C=O) groups is 1. The fourth-order valence-electron chi connectivity index (χ4n) is 4.78. The van der Waals surface area contributed by atoms with Crippen molar-refractivity contribution in [2.24, 2.45) is 7.05 Å². The van der Waals surface area contributed by atoms with E-state index in [1.807, 2.05) is 4.90 Å². The van der Waals surface area contributed by atoms with Gasteiger partial charge in [-0.2, -0.15) is 4.31 Å². The van der Waals surface area contributed by atoms with E-state index in [1.165, 1.54) is 16.8 Å². The highest BCUT2D eigenvalue weighted by molar-refractivity contribution is 7.89. The lowest BCUT2D eigenvalue weighted by Gasteiger charge is -2.36. The molecule has 0 spiro atoms. The Morgan fingerprint density at radius 2 is 1.56 bits per heavy atom. The number of likely N-dealkylation sites (tertiary alicyclic amines) is 1. The molecule has 174 valence electrons. The Bertz CT molecular complexity index is 1110. The number of aromatic nitrogens is 1. The minimum atomic E-state index is -3.67. The van der Waals surface area contributed by atoms with Crippen molar-refractivity contribution in [2.75, 3.05) is 44.2 Å². The smallest absolute Gasteiger partial charge is 0.270 e. The highest BCUT2D eigenvalue weighted by atomic mass is 32.2. The molecule has 1 aromatic carbocycles. The van der Waals surface area contributed by atoms with Gasteiger partial charge in [-0.05, 0) is 63.3 Å². The van der Waals surface area contributed by atoms with E-state index in [0.717, 1.165) is 32.4 Å². The van der Waals surface area contributed by atoms with Crippen LogP contribution in [0.3, 0.4) is 0 Å². The molecular weight excluding hydrogens is 424 g/mol. The molecule has 4 rings (SSSR count). The van der Waals surface area contributed by atoms with E-state index in [4.69, 9.17) is 0 Å². The molecule has 0 N–H and O–H groups in total. The molecule has 2 saturated heterocycles. The summed E-state index contributed by atoms with van der Waals surface area (Å²) in [5.74, 6) is -0.0727. The van der Waals surface area contributed by atoms with Crippen LogP contribution >= 0.6 is 0 Å². The normalized spacial score (nSPS) is 18.2. The predicted octanol–water partition coefficient (Wildman–Crippen LogP) is 3.09. The van der Waals surface area contributed by atoms with Gasteiger partial charge in [-0.1, -0.05) is 12.1 Å². The molecule has 2 aliphatic rings. The first-order valence-electron chi connectivity index (χ1n) is 11.5. The number of aryl methyl sites for hydroxylation is 1. The van der Waals surface area contributed by atoms with Crippen molar-refractivity contribution in [2.45, 2.75) is 44.9 Å². The van der Waals surface area contributed by atoms with E-state index < -0.39 is 10.0 Å². The summed E-state index contributed by atoms with van der Waals surface area (Å²) in [4.78, 5) is 17.4. The largest absolute Gasteiger partial charge is 0.369 e. The average molecular weight is 459 g/mol. The zero-order valence-corrected chi connectivity index (χ0v) is 20.4. The summed E-state index contributed by atoms with van der Waals surface area (Å²) in [6, 6.07) is 7.83. The summed E-state index contributed by atoms with van der Waals surface area (Å²) < 4.78 is 30.3. The van der Waals surface area contributed by atoms with Crippen LogP contribution in [0.15, 0.2) is 29.2 Å². The quantitative estimate of drug-likeness (QED) is 0.706. The predicted molar refractivity (Wildman–Crippen MR) is 127 cm³/mol. The molecule has 1 amide bonds. The summed E-state index contributed by atoms with van der Waals surface area (Å²) in [6.45, 7) is 9.63. The molecule has 2 aliphatic heterocycles. The van der Waals surface area contributed by atoms with Crippen LogP contribution in [-0.2, 0) is 17.1 Å². The van der Waals surface area contributed by atoms with E-state index in [2.05, 4.69) is 36.9 Å². The lowest BCUT2D eigenvalue weighted by atomic mass is 10.1. The molecule has 7 nitrogen and oxygen atoms in total. The molecule has 0 aliphatic carbocycles. The summed E-state index contributed by atoms with van der Waals surface area (Å²) in [6.07, 6.45) is 3.15. The minimum Gasteiger partial charge on any atom is -0.369 e. The number of hydrogen-bond acceptors (Lipinski definition) is 4. The number of nitrogens with zero attached hydrogens (tertiary/aromatic N) is 4. The van der Waals surface area contributed by atoms with Crippen molar-refractivity contribution in [1.29, 1.82) is 0 Å². The van der Waals surface area contributed by atoms with Gasteiger partial charge in [0.25, 0.3) is 5.91 Å². The zero-order valence-electron chi connectivity index (χ0n) is 19.6. The molecule has 8 heteroatoms. The van der Waals surface area contributed by atoms with Gasteiger partial charge < -0.3 is 14.4 Å². The second-order valence-electron chi connectivity index (χ2n) is 9.00. The first kappa shape index (κ1) is 22.9. The van der Waals surface area contributed by atoms with Crippen LogP contribution in [0.4, 0.5) is 5.69 Å². The third-order valence-corrected chi connectivity index (χ3v) is 9.14. The van der Waals surface area contributed by atoms with Gasteiger partial charge in [0.15, 0.2) is 0 Å². The van der Waals surface area contributed by atoms with Crippen LogP contribution in [-0.4, -0.2) is 67.4 Å². The van der Waals surface area contributed by atoms with E-state index in [1.54, 1.807) is 28.9 Å². The topological polar surface area (TPSA) is 65.9 Å². The molecule has 0 bridgehead atoms. The summed E-state index contributed by atoms with van der Waals surface area (Å²) >= 11 is 0. The van der Waals surface area contributed by atoms with Crippen LogP contribution in [0, 0.1) is 20.8 Å². The SMILES string of the molecule is Cc1cccc(N2CCN(S(=O)(=O)c3cc(C(=O)N4CCCCC4)n(C)c3C)CC2)c1C. The number of benzene rings is 1. The zero-order chi connectivity index (χ0) is 23.0. The second kappa shape index (κ2) is 8.90. The maximum absolute atomic E-state index is 13.5. The second-order valence-corrected chi connectivity index (χ2v) is 10.9. The standard InChI is InChI=1S/C24H34N4O3S/c1-18-9-8-10-21(19(18)2)26-13-15-28(16-14-26)32(30,31)23-17-22(25(4)20(23)3)24(29)27-11-6-5-7-12-27/h8-10,17H,5-7,11-16H2,1-4H3. The molecule has 3 heterocycles. The molecule has 2 aromatic rings. The Hall–Kier alpha value is -2.32. The van der Waals surface area contributed by atoms with Crippen LogP contribution < -0.4 is 4.90 Å². The van der Waals surface area contributed by atoms with E-state index in [-0.39, 0.29) is 10.8 Å². The van der Waals surface area contributed by atoms with E-state index in [0.29, 0.717) is 37.6 Å².